The molecule has 0 spiro atoms. The number of benzene rings is 4. The standard InChI is InChI=1S/C26H20F2Ge/c27-25(21-13-5-1-6-14-21)26(28)29(22-15-7-2-8-16-22,23-17-9-3-10-18-23)24-19-11-4-12-20-24/h1-20H/b26-25-. The van der Waals surface area contributed by atoms with Gasteiger partial charge in [-0.2, -0.15) is 0 Å². The van der Waals surface area contributed by atoms with E-state index in [0.29, 0.717) is 0 Å². The zero-order valence-corrected chi connectivity index (χ0v) is 17.9. The van der Waals surface area contributed by atoms with E-state index in [0.717, 1.165) is 13.2 Å². The molecule has 0 saturated carbocycles. The fraction of sp³-hybridized carbons (Fsp3) is 0. The van der Waals surface area contributed by atoms with Crippen LogP contribution in [0.25, 0.3) is 5.83 Å². The Morgan fingerprint density at radius 2 is 0.759 bits per heavy atom. The van der Waals surface area contributed by atoms with Crippen molar-refractivity contribution in [2.24, 2.45) is 0 Å². The van der Waals surface area contributed by atoms with Gasteiger partial charge in [0.25, 0.3) is 0 Å². The summed E-state index contributed by atoms with van der Waals surface area (Å²) in [6.07, 6.45) is 0. The monoisotopic (exact) mass is 444 g/mol. The molecule has 0 N–H and O–H groups in total. The average molecular weight is 443 g/mol. The van der Waals surface area contributed by atoms with Gasteiger partial charge in [-0.25, -0.2) is 0 Å². The summed E-state index contributed by atoms with van der Waals surface area (Å²) in [6, 6.07) is 37.2. The van der Waals surface area contributed by atoms with Gasteiger partial charge < -0.3 is 0 Å². The van der Waals surface area contributed by atoms with Crippen molar-refractivity contribution in [2.45, 2.75) is 0 Å². The minimum absolute atomic E-state index is 0.266. The van der Waals surface area contributed by atoms with Gasteiger partial charge in [-0.05, 0) is 0 Å². The van der Waals surface area contributed by atoms with Gasteiger partial charge >= 0.3 is 173 Å². The Morgan fingerprint density at radius 3 is 1.10 bits per heavy atom. The fourth-order valence-corrected chi connectivity index (χ4v) is 12.9. The maximum absolute atomic E-state index is 16.4. The average Bonchev–Trinajstić information content (AvgIpc) is 2.82. The molecule has 4 aromatic carbocycles. The third-order valence-corrected chi connectivity index (χ3v) is 14.6. The molecule has 0 atom stereocenters. The molecule has 0 amide bonds. The molecule has 0 fully saturated rings. The van der Waals surface area contributed by atoms with E-state index in [1.54, 1.807) is 30.3 Å². The van der Waals surface area contributed by atoms with Crippen LogP contribution < -0.4 is 13.2 Å². The molecule has 4 aromatic rings. The summed E-state index contributed by atoms with van der Waals surface area (Å²) in [5.41, 5.74) is 0.266. The van der Waals surface area contributed by atoms with Crippen LogP contribution in [0.3, 0.4) is 0 Å². The van der Waals surface area contributed by atoms with Gasteiger partial charge in [0.1, 0.15) is 0 Å². The van der Waals surface area contributed by atoms with E-state index in [1.165, 1.54) is 0 Å². The van der Waals surface area contributed by atoms with E-state index in [9.17, 15) is 0 Å². The Labute approximate surface area is 172 Å². The molecule has 142 valence electrons. The Hall–Kier alpha value is -2.98. The zero-order valence-electron chi connectivity index (χ0n) is 15.8. The molecule has 0 aliphatic carbocycles. The van der Waals surface area contributed by atoms with Gasteiger partial charge in [0.05, 0.1) is 0 Å². The molecule has 0 aromatic heterocycles. The van der Waals surface area contributed by atoms with Crippen LogP contribution in [0, 0.1) is 0 Å². The SMILES string of the molecule is F/C(=[C](/F)[Ge]([c]1ccccc1)([c]1ccccc1)[c]1ccccc1)c1ccccc1. The van der Waals surface area contributed by atoms with Gasteiger partial charge in [-0.3, -0.25) is 0 Å². The van der Waals surface area contributed by atoms with Gasteiger partial charge in [0, 0.05) is 0 Å². The van der Waals surface area contributed by atoms with Crippen molar-refractivity contribution in [3.63, 3.8) is 0 Å². The van der Waals surface area contributed by atoms with Crippen molar-refractivity contribution >= 4 is 32.3 Å². The number of halogens is 2. The van der Waals surface area contributed by atoms with Crippen LogP contribution in [0.2, 0.25) is 0 Å². The van der Waals surface area contributed by atoms with Crippen LogP contribution in [0.5, 0.6) is 0 Å². The second-order valence-corrected chi connectivity index (χ2v) is 14.5. The van der Waals surface area contributed by atoms with E-state index < -0.39 is 23.8 Å². The molecule has 0 nitrogen and oxygen atoms in total. The molecule has 3 heteroatoms. The quantitative estimate of drug-likeness (QED) is 0.381. The van der Waals surface area contributed by atoms with E-state index in [4.69, 9.17) is 0 Å². The first-order chi connectivity index (χ1) is 14.2. The number of hydrogen-bond acceptors (Lipinski definition) is 0. The van der Waals surface area contributed by atoms with E-state index in [1.807, 2.05) is 91.0 Å². The number of hydrogen-bond donors (Lipinski definition) is 0. The second-order valence-electron chi connectivity index (χ2n) is 6.84. The van der Waals surface area contributed by atoms with Crippen LogP contribution in [0.15, 0.2) is 126 Å². The summed E-state index contributed by atoms with van der Waals surface area (Å²) in [5.74, 6) is -0.776. The first kappa shape index (κ1) is 19.3. The van der Waals surface area contributed by atoms with Crippen LogP contribution in [0.4, 0.5) is 8.78 Å². The topological polar surface area (TPSA) is 0 Å². The van der Waals surface area contributed by atoms with Crippen molar-refractivity contribution in [3.05, 3.63) is 132 Å². The van der Waals surface area contributed by atoms with Gasteiger partial charge in [0.15, 0.2) is 0 Å². The van der Waals surface area contributed by atoms with Crippen molar-refractivity contribution in [3.8, 4) is 0 Å². The molecule has 0 bridgehead atoms. The summed E-state index contributed by atoms with van der Waals surface area (Å²) in [7, 11) is 0. The summed E-state index contributed by atoms with van der Waals surface area (Å²) >= 11 is -4.15. The summed E-state index contributed by atoms with van der Waals surface area (Å²) < 4.78 is 34.0. The van der Waals surface area contributed by atoms with Crippen molar-refractivity contribution in [1.82, 2.24) is 0 Å². The zero-order chi connectivity index (χ0) is 20.1. The van der Waals surface area contributed by atoms with Crippen LogP contribution in [-0.4, -0.2) is 13.3 Å². The Kier molecular flexibility index (Phi) is 5.72. The summed E-state index contributed by atoms with van der Waals surface area (Å²) in [4.78, 5) is 0. The molecule has 0 aliphatic rings. The van der Waals surface area contributed by atoms with E-state index in [2.05, 4.69) is 0 Å². The molecule has 0 heterocycles. The third kappa shape index (κ3) is 3.56. The van der Waals surface area contributed by atoms with Crippen molar-refractivity contribution in [1.29, 1.82) is 0 Å². The molecular formula is C26H20F2Ge. The minimum atomic E-state index is -4.15. The molecule has 0 saturated heterocycles. The van der Waals surface area contributed by atoms with Gasteiger partial charge in [-0.1, -0.05) is 0 Å². The summed E-state index contributed by atoms with van der Waals surface area (Å²) in [5, 5.41) is 0. The van der Waals surface area contributed by atoms with Crippen LogP contribution >= 0.6 is 0 Å². The van der Waals surface area contributed by atoms with E-state index in [-0.39, 0.29) is 5.56 Å². The van der Waals surface area contributed by atoms with E-state index >= 15 is 8.78 Å². The first-order valence-electron chi connectivity index (χ1n) is 9.52. The normalized spacial score (nSPS) is 12.3. The Balaban J connectivity index is 2.11. The third-order valence-electron chi connectivity index (χ3n) is 5.17. The van der Waals surface area contributed by atoms with Crippen LogP contribution in [-0.2, 0) is 0 Å². The number of rotatable bonds is 5. The predicted molar refractivity (Wildman–Crippen MR) is 120 cm³/mol. The van der Waals surface area contributed by atoms with Crippen molar-refractivity contribution in [2.75, 3.05) is 0 Å². The van der Waals surface area contributed by atoms with Crippen LogP contribution in [0.1, 0.15) is 5.56 Å². The molecule has 0 unspecified atom stereocenters. The van der Waals surface area contributed by atoms with Crippen molar-refractivity contribution < 1.29 is 8.78 Å². The molecule has 0 radical (unpaired) electrons. The van der Waals surface area contributed by atoms with Gasteiger partial charge in [0.2, 0.25) is 0 Å². The molecule has 29 heavy (non-hydrogen) atoms. The summed E-state index contributed by atoms with van der Waals surface area (Å²) in [6.45, 7) is 0. The first-order valence-corrected chi connectivity index (χ1v) is 13.7. The molecular weight excluding hydrogens is 423 g/mol. The molecule has 4 rings (SSSR count). The Bertz CT molecular complexity index is 996. The predicted octanol–water partition coefficient (Wildman–Crippen LogP) is 5.00. The Morgan fingerprint density at radius 1 is 0.448 bits per heavy atom. The molecule has 0 aliphatic heterocycles. The fourth-order valence-electron chi connectivity index (χ4n) is 3.82. The van der Waals surface area contributed by atoms with Gasteiger partial charge in [-0.15, -0.1) is 0 Å². The second kappa shape index (κ2) is 8.58. The maximum atomic E-state index is 16.4.